The first-order chi connectivity index (χ1) is 12.1. The van der Waals surface area contributed by atoms with E-state index in [2.05, 4.69) is 10.3 Å². The normalized spacial score (nSPS) is 17.2. The van der Waals surface area contributed by atoms with Crippen molar-refractivity contribution in [3.63, 3.8) is 0 Å². The van der Waals surface area contributed by atoms with Gasteiger partial charge in [0.15, 0.2) is 11.5 Å². The maximum absolute atomic E-state index is 11.7. The van der Waals surface area contributed by atoms with E-state index in [0.29, 0.717) is 29.3 Å². The van der Waals surface area contributed by atoms with Crippen LogP contribution in [-0.2, 0) is 17.6 Å². The molecule has 4 rings (SSSR count). The number of nitrogens with one attached hydrogen (secondary N) is 1. The summed E-state index contributed by atoms with van der Waals surface area (Å²) in [5.41, 5.74) is 3.40. The molecule has 7 heteroatoms. The molecule has 0 saturated carbocycles. The van der Waals surface area contributed by atoms with Crippen LogP contribution in [0, 0.1) is 0 Å². The Morgan fingerprint density at radius 3 is 2.80 bits per heavy atom. The van der Waals surface area contributed by atoms with Gasteiger partial charge < -0.3 is 4.42 Å². The first kappa shape index (κ1) is 16.2. The van der Waals surface area contributed by atoms with Gasteiger partial charge in [-0.25, -0.2) is 4.98 Å². The van der Waals surface area contributed by atoms with Crippen molar-refractivity contribution in [2.45, 2.75) is 18.1 Å². The summed E-state index contributed by atoms with van der Waals surface area (Å²) in [5.74, 6) is 0.370. The van der Waals surface area contributed by atoms with Crippen molar-refractivity contribution < 1.29 is 14.0 Å². The number of halogens is 1. The lowest BCUT2D eigenvalue weighted by atomic mass is 10.1. The largest absolute Gasteiger partial charge is 0.440 e. The van der Waals surface area contributed by atoms with Gasteiger partial charge in [0, 0.05) is 11.4 Å². The Morgan fingerprint density at radius 1 is 1.16 bits per heavy atom. The molecule has 2 amide bonds. The zero-order valence-electron chi connectivity index (χ0n) is 13.0. The molecule has 1 fully saturated rings. The van der Waals surface area contributed by atoms with E-state index in [0.717, 1.165) is 28.4 Å². The molecule has 1 N–H and O–H groups in total. The van der Waals surface area contributed by atoms with E-state index in [1.165, 1.54) is 0 Å². The molecule has 1 atom stereocenters. The van der Waals surface area contributed by atoms with Gasteiger partial charge in [0.1, 0.15) is 5.52 Å². The molecule has 126 valence electrons. The maximum Gasteiger partial charge on any atom is 0.286 e. The van der Waals surface area contributed by atoms with E-state index < -0.39 is 0 Å². The summed E-state index contributed by atoms with van der Waals surface area (Å²) in [7, 11) is 0. The van der Waals surface area contributed by atoms with Crippen molar-refractivity contribution in [1.29, 1.82) is 0 Å². The Labute approximate surface area is 152 Å². The van der Waals surface area contributed by atoms with Crippen molar-refractivity contribution >= 4 is 45.6 Å². The van der Waals surface area contributed by atoms with Crippen LogP contribution >= 0.6 is 23.4 Å². The smallest absolute Gasteiger partial charge is 0.286 e. The molecule has 1 aromatic heterocycles. The molecule has 1 aliphatic rings. The van der Waals surface area contributed by atoms with Crippen molar-refractivity contribution in [3.05, 3.63) is 64.5 Å². The van der Waals surface area contributed by atoms with E-state index in [-0.39, 0.29) is 16.4 Å². The molecule has 25 heavy (non-hydrogen) atoms. The summed E-state index contributed by atoms with van der Waals surface area (Å²) < 4.78 is 5.78. The Balaban J connectivity index is 1.55. The molecule has 1 unspecified atom stereocenters. The molecule has 0 aliphatic carbocycles. The standard InChI is InChI=1S/C18H13ClN2O3S/c19-12-3-1-2-10(6-12)9-16-20-13-7-11(4-5-14(13)24-16)8-15-17(22)21-18(23)25-15/h1-7,15H,8-9H2,(H,21,22,23). The number of amides is 2. The molecule has 1 saturated heterocycles. The average molecular weight is 373 g/mol. The number of benzene rings is 2. The Bertz CT molecular complexity index is 985. The van der Waals surface area contributed by atoms with Crippen LogP contribution in [0.25, 0.3) is 11.1 Å². The molecule has 0 radical (unpaired) electrons. The fourth-order valence-electron chi connectivity index (χ4n) is 2.79. The van der Waals surface area contributed by atoms with E-state index in [1.807, 2.05) is 42.5 Å². The third-order valence-electron chi connectivity index (χ3n) is 3.93. The quantitative estimate of drug-likeness (QED) is 0.750. The molecule has 3 aromatic rings. The summed E-state index contributed by atoms with van der Waals surface area (Å²) >= 11 is 7.03. The van der Waals surface area contributed by atoms with Crippen LogP contribution in [0.3, 0.4) is 0 Å². The monoisotopic (exact) mass is 372 g/mol. The number of rotatable bonds is 4. The SMILES string of the molecule is O=C1NC(=O)C(Cc2ccc3oc(Cc4cccc(Cl)c4)nc3c2)S1. The summed E-state index contributed by atoms with van der Waals surface area (Å²) in [6.07, 6.45) is 1.04. The molecular formula is C18H13ClN2O3S. The fourth-order valence-corrected chi connectivity index (χ4v) is 3.86. The average Bonchev–Trinajstić information content (AvgIpc) is 3.09. The zero-order valence-corrected chi connectivity index (χ0v) is 14.6. The van der Waals surface area contributed by atoms with Crippen LogP contribution in [-0.4, -0.2) is 21.4 Å². The van der Waals surface area contributed by atoms with Crippen molar-refractivity contribution in [1.82, 2.24) is 10.3 Å². The minimum absolute atomic E-state index is 0.239. The number of imide groups is 1. The second-order valence-electron chi connectivity index (χ2n) is 5.80. The first-order valence-corrected chi connectivity index (χ1v) is 8.97. The third kappa shape index (κ3) is 3.55. The molecule has 0 spiro atoms. The zero-order chi connectivity index (χ0) is 17.4. The Hall–Kier alpha value is -2.31. The molecule has 5 nitrogen and oxygen atoms in total. The minimum Gasteiger partial charge on any atom is -0.440 e. The number of oxazole rings is 1. The van der Waals surface area contributed by atoms with E-state index in [1.54, 1.807) is 0 Å². The highest BCUT2D eigenvalue weighted by Crippen LogP contribution is 2.25. The number of nitrogens with zero attached hydrogens (tertiary/aromatic N) is 1. The second kappa shape index (κ2) is 6.54. The minimum atomic E-state index is -0.386. The predicted octanol–water partition coefficient (Wildman–Crippen LogP) is 3.97. The number of fused-ring (bicyclic) bond motifs is 1. The third-order valence-corrected chi connectivity index (χ3v) is 5.15. The number of hydrogen-bond acceptors (Lipinski definition) is 5. The number of hydrogen-bond donors (Lipinski definition) is 1. The van der Waals surface area contributed by atoms with Gasteiger partial charge in [0.25, 0.3) is 5.24 Å². The number of thioether (sulfide) groups is 1. The Morgan fingerprint density at radius 2 is 2.04 bits per heavy atom. The van der Waals surface area contributed by atoms with Crippen LogP contribution in [0.15, 0.2) is 46.9 Å². The maximum atomic E-state index is 11.7. The van der Waals surface area contributed by atoms with Crippen LogP contribution in [0.4, 0.5) is 4.79 Å². The second-order valence-corrected chi connectivity index (χ2v) is 7.42. The molecule has 2 heterocycles. The van der Waals surface area contributed by atoms with Gasteiger partial charge in [-0.3, -0.25) is 14.9 Å². The van der Waals surface area contributed by atoms with Crippen LogP contribution in [0.2, 0.25) is 5.02 Å². The van der Waals surface area contributed by atoms with Gasteiger partial charge in [-0.15, -0.1) is 0 Å². The predicted molar refractivity (Wildman–Crippen MR) is 96.9 cm³/mol. The number of carbonyl (C=O) groups is 2. The topological polar surface area (TPSA) is 72.2 Å². The lowest BCUT2D eigenvalue weighted by Gasteiger charge is -2.04. The fraction of sp³-hybridized carbons (Fsp3) is 0.167. The molecule has 1 aliphatic heterocycles. The van der Waals surface area contributed by atoms with Crippen molar-refractivity contribution in [2.24, 2.45) is 0 Å². The van der Waals surface area contributed by atoms with Crippen LogP contribution in [0.5, 0.6) is 0 Å². The van der Waals surface area contributed by atoms with Gasteiger partial charge >= 0.3 is 0 Å². The van der Waals surface area contributed by atoms with Gasteiger partial charge in [0.2, 0.25) is 5.91 Å². The van der Waals surface area contributed by atoms with E-state index in [9.17, 15) is 9.59 Å². The van der Waals surface area contributed by atoms with Crippen molar-refractivity contribution in [2.75, 3.05) is 0 Å². The number of carbonyl (C=O) groups excluding carboxylic acids is 2. The lowest BCUT2D eigenvalue weighted by molar-refractivity contribution is -0.118. The van der Waals surface area contributed by atoms with Crippen LogP contribution in [0.1, 0.15) is 17.0 Å². The van der Waals surface area contributed by atoms with Crippen molar-refractivity contribution in [3.8, 4) is 0 Å². The number of aromatic nitrogens is 1. The Kier molecular flexibility index (Phi) is 4.23. The van der Waals surface area contributed by atoms with E-state index >= 15 is 0 Å². The summed E-state index contributed by atoms with van der Waals surface area (Å²) in [4.78, 5) is 27.5. The summed E-state index contributed by atoms with van der Waals surface area (Å²) in [6, 6.07) is 13.2. The molecule has 2 aromatic carbocycles. The van der Waals surface area contributed by atoms with E-state index in [4.69, 9.17) is 16.0 Å². The first-order valence-electron chi connectivity index (χ1n) is 7.71. The van der Waals surface area contributed by atoms with Gasteiger partial charge in [0.05, 0.1) is 5.25 Å². The highest BCUT2D eigenvalue weighted by atomic mass is 35.5. The van der Waals surface area contributed by atoms with Gasteiger partial charge in [-0.1, -0.05) is 41.6 Å². The summed E-state index contributed by atoms with van der Waals surface area (Å²) in [6.45, 7) is 0. The lowest BCUT2D eigenvalue weighted by Crippen LogP contribution is -2.25. The highest BCUT2D eigenvalue weighted by molar-refractivity contribution is 8.15. The molecule has 0 bridgehead atoms. The van der Waals surface area contributed by atoms with Crippen LogP contribution < -0.4 is 5.32 Å². The molecular weight excluding hydrogens is 360 g/mol. The summed E-state index contributed by atoms with van der Waals surface area (Å²) in [5, 5.41) is 2.30. The van der Waals surface area contributed by atoms with Gasteiger partial charge in [-0.05, 0) is 41.8 Å². The van der Waals surface area contributed by atoms with Gasteiger partial charge in [-0.2, -0.15) is 0 Å². The highest BCUT2D eigenvalue weighted by Gasteiger charge is 2.31.